The topological polar surface area (TPSA) is 41.5 Å². The molecule has 4 heteroatoms. The van der Waals surface area contributed by atoms with E-state index in [9.17, 15) is 5.11 Å². The maximum Gasteiger partial charge on any atom is 0.122 e. The van der Waals surface area contributed by atoms with Gasteiger partial charge in [-0.05, 0) is 55.9 Å². The van der Waals surface area contributed by atoms with Crippen LogP contribution in [0.15, 0.2) is 18.2 Å². The number of aliphatic hydroxyl groups is 1. The van der Waals surface area contributed by atoms with Crippen LogP contribution in [0.1, 0.15) is 17.5 Å². The number of nitrogens with one attached hydrogen (secondary N) is 1. The van der Waals surface area contributed by atoms with Crippen LogP contribution >= 0.6 is 11.8 Å². The van der Waals surface area contributed by atoms with E-state index < -0.39 is 6.10 Å². The highest BCUT2D eigenvalue weighted by Gasteiger charge is 2.15. The molecule has 0 spiro atoms. The molecule has 1 aliphatic heterocycles. The molecule has 112 valence electrons. The lowest BCUT2D eigenvalue weighted by atomic mass is 10.1. The highest BCUT2D eigenvalue weighted by molar-refractivity contribution is 7.99. The Balaban J connectivity index is 1.65. The van der Waals surface area contributed by atoms with Crippen LogP contribution in [0.2, 0.25) is 0 Å². The van der Waals surface area contributed by atoms with Gasteiger partial charge in [0.25, 0.3) is 0 Å². The molecule has 1 fully saturated rings. The van der Waals surface area contributed by atoms with Gasteiger partial charge >= 0.3 is 0 Å². The van der Waals surface area contributed by atoms with Gasteiger partial charge in [-0.25, -0.2) is 0 Å². The number of thioether (sulfide) groups is 1. The fourth-order valence-electron chi connectivity index (χ4n) is 2.40. The summed E-state index contributed by atoms with van der Waals surface area (Å²) in [6, 6.07) is 6.10. The molecule has 1 aliphatic rings. The predicted molar refractivity (Wildman–Crippen MR) is 85.7 cm³/mol. The zero-order valence-electron chi connectivity index (χ0n) is 12.4. The van der Waals surface area contributed by atoms with Crippen molar-refractivity contribution in [3.8, 4) is 5.75 Å². The highest BCUT2D eigenvalue weighted by atomic mass is 32.2. The number of hydrogen-bond donors (Lipinski definition) is 2. The standard InChI is InChI=1S/C16H25NO2S/c1-12-3-4-16(13(2)7-12)19-10-15(18)9-17-8-14-5-6-20-11-14/h3-4,7,14-15,17-18H,5-6,8-11H2,1-2H3. The molecule has 1 aromatic rings. The Labute approximate surface area is 126 Å². The van der Waals surface area contributed by atoms with Gasteiger partial charge in [0.2, 0.25) is 0 Å². The van der Waals surface area contributed by atoms with E-state index in [2.05, 4.69) is 18.3 Å². The van der Waals surface area contributed by atoms with Gasteiger partial charge in [-0.1, -0.05) is 17.7 Å². The molecule has 2 unspecified atom stereocenters. The van der Waals surface area contributed by atoms with Gasteiger partial charge in [0, 0.05) is 6.54 Å². The molecule has 0 radical (unpaired) electrons. The molecule has 1 heterocycles. The van der Waals surface area contributed by atoms with Crippen LogP contribution in [0, 0.1) is 19.8 Å². The number of aryl methyl sites for hydroxylation is 2. The molecule has 0 aromatic heterocycles. The van der Waals surface area contributed by atoms with Gasteiger partial charge in [-0.3, -0.25) is 0 Å². The van der Waals surface area contributed by atoms with Crippen molar-refractivity contribution in [3.63, 3.8) is 0 Å². The molecule has 0 aliphatic carbocycles. The summed E-state index contributed by atoms with van der Waals surface area (Å²) >= 11 is 2.02. The van der Waals surface area contributed by atoms with Crippen molar-refractivity contribution in [2.75, 3.05) is 31.2 Å². The molecule has 1 aromatic carbocycles. The third kappa shape index (κ3) is 5.00. The van der Waals surface area contributed by atoms with Crippen molar-refractivity contribution < 1.29 is 9.84 Å². The number of ether oxygens (including phenoxy) is 1. The van der Waals surface area contributed by atoms with E-state index in [4.69, 9.17) is 4.74 Å². The van der Waals surface area contributed by atoms with Crippen LogP contribution in [0.25, 0.3) is 0 Å². The minimum atomic E-state index is -0.454. The Hall–Kier alpha value is -0.710. The van der Waals surface area contributed by atoms with Gasteiger partial charge in [0.1, 0.15) is 18.5 Å². The third-order valence-electron chi connectivity index (χ3n) is 3.60. The van der Waals surface area contributed by atoms with Crippen molar-refractivity contribution >= 4 is 11.8 Å². The Morgan fingerprint density at radius 2 is 2.30 bits per heavy atom. The smallest absolute Gasteiger partial charge is 0.122 e. The quantitative estimate of drug-likeness (QED) is 0.810. The number of rotatable bonds is 7. The summed E-state index contributed by atoms with van der Waals surface area (Å²) in [6.45, 7) is 6.05. The monoisotopic (exact) mass is 295 g/mol. The zero-order valence-corrected chi connectivity index (χ0v) is 13.2. The maximum atomic E-state index is 9.94. The third-order valence-corrected chi connectivity index (χ3v) is 4.83. The second kappa shape index (κ2) is 7.91. The minimum absolute atomic E-state index is 0.344. The first-order chi connectivity index (χ1) is 9.65. The average Bonchev–Trinajstić information content (AvgIpc) is 2.91. The fourth-order valence-corrected chi connectivity index (χ4v) is 3.69. The highest BCUT2D eigenvalue weighted by Crippen LogP contribution is 2.22. The number of benzene rings is 1. The first-order valence-corrected chi connectivity index (χ1v) is 8.47. The van der Waals surface area contributed by atoms with E-state index >= 15 is 0 Å². The van der Waals surface area contributed by atoms with E-state index in [1.807, 2.05) is 30.8 Å². The van der Waals surface area contributed by atoms with Crippen molar-refractivity contribution in [2.24, 2.45) is 5.92 Å². The summed E-state index contributed by atoms with van der Waals surface area (Å²) in [5.41, 5.74) is 2.35. The molecule has 3 nitrogen and oxygen atoms in total. The van der Waals surface area contributed by atoms with E-state index in [1.165, 1.54) is 23.5 Å². The Morgan fingerprint density at radius 1 is 1.45 bits per heavy atom. The van der Waals surface area contributed by atoms with Crippen LogP contribution < -0.4 is 10.1 Å². The number of aliphatic hydroxyl groups excluding tert-OH is 1. The lowest BCUT2D eigenvalue weighted by molar-refractivity contribution is 0.105. The van der Waals surface area contributed by atoms with E-state index in [-0.39, 0.29) is 0 Å². The second-order valence-electron chi connectivity index (χ2n) is 5.62. The molecule has 1 saturated heterocycles. The summed E-state index contributed by atoms with van der Waals surface area (Å²) < 4.78 is 5.68. The van der Waals surface area contributed by atoms with Gasteiger partial charge in [0.05, 0.1) is 0 Å². The minimum Gasteiger partial charge on any atom is -0.491 e. The molecule has 20 heavy (non-hydrogen) atoms. The van der Waals surface area contributed by atoms with Crippen LogP contribution in [0.3, 0.4) is 0 Å². The normalized spacial score (nSPS) is 20.1. The molecule has 0 amide bonds. The van der Waals surface area contributed by atoms with Crippen molar-refractivity contribution in [1.29, 1.82) is 0 Å². The van der Waals surface area contributed by atoms with E-state index in [1.54, 1.807) is 0 Å². The lowest BCUT2D eigenvalue weighted by Gasteiger charge is -2.16. The van der Waals surface area contributed by atoms with Gasteiger partial charge in [-0.2, -0.15) is 11.8 Å². The Morgan fingerprint density at radius 3 is 3.00 bits per heavy atom. The fraction of sp³-hybridized carbons (Fsp3) is 0.625. The largest absolute Gasteiger partial charge is 0.491 e. The molecule has 2 N–H and O–H groups in total. The molecule has 0 bridgehead atoms. The van der Waals surface area contributed by atoms with Crippen molar-refractivity contribution in [3.05, 3.63) is 29.3 Å². The van der Waals surface area contributed by atoms with Crippen LogP contribution in [0.4, 0.5) is 0 Å². The number of hydrogen-bond acceptors (Lipinski definition) is 4. The molecule has 2 rings (SSSR count). The van der Waals surface area contributed by atoms with Crippen LogP contribution in [-0.4, -0.2) is 42.4 Å². The summed E-state index contributed by atoms with van der Waals surface area (Å²) in [7, 11) is 0. The van der Waals surface area contributed by atoms with Gasteiger partial charge in [-0.15, -0.1) is 0 Å². The molecule has 2 atom stereocenters. The predicted octanol–water partition coefficient (Wildman–Crippen LogP) is 2.39. The van der Waals surface area contributed by atoms with E-state index in [0.29, 0.717) is 13.2 Å². The zero-order chi connectivity index (χ0) is 14.4. The second-order valence-corrected chi connectivity index (χ2v) is 6.77. The van der Waals surface area contributed by atoms with Crippen molar-refractivity contribution in [1.82, 2.24) is 5.32 Å². The van der Waals surface area contributed by atoms with E-state index in [0.717, 1.165) is 23.8 Å². The summed E-state index contributed by atoms with van der Waals surface area (Å²) in [5, 5.41) is 13.3. The van der Waals surface area contributed by atoms with Gasteiger partial charge < -0.3 is 15.2 Å². The average molecular weight is 295 g/mol. The molecular formula is C16H25NO2S. The first-order valence-electron chi connectivity index (χ1n) is 7.31. The summed E-state index contributed by atoms with van der Waals surface area (Å²) in [6.07, 6.45) is 0.845. The van der Waals surface area contributed by atoms with Crippen LogP contribution in [0.5, 0.6) is 5.75 Å². The lowest BCUT2D eigenvalue weighted by Crippen LogP contribution is -2.34. The molecule has 0 saturated carbocycles. The Bertz CT molecular complexity index is 419. The Kier molecular flexibility index (Phi) is 6.20. The maximum absolute atomic E-state index is 9.94. The van der Waals surface area contributed by atoms with Gasteiger partial charge in [0.15, 0.2) is 0 Å². The van der Waals surface area contributed by atoms with Crippen LogP contribution in [-0.2, 0) is 0 Å². The summed E-state index contributed by atoms with van der Waals surface area (Å²) in [5.74, 6) is 4.17. The summed E-state index contributed by atoms with van der Waals surface area (Å²) in [4.78, 5) is 0. The first kappa shape index (κ1) is 15.7. The van der Waals surface area contributed by atoms with Crippen molar-refractivity contribution in [2.45, 2.75) is 26.4 Å². The molecular weight excluding hydrogens is 270 g/mol. The SMILES string of the molecule is Cc1ccc(OCC(O)CNCC2CCSC2)c(C)c1.